The van der Waals surface area contributed by atoms with Gasteiger partial charge in [0.15, 0.2) is 0 Å². The van der Waals surface area contributed by atoms with Crippen molar-refractivity contribution in [3.05, 3.63) is 0 Å². The fourth-order valence-corrected chi connectivity index (χ4v) is 3.26. The Morgan fingerprint density at radius 3 is 0.758 bits per heavy atom. The molecule has 0 unspecified atom stereocenters. The maximum atomic E-state index is 8.25. The normalized spacial score (nSPS) is 9.09. The first-order valence-corrected chi connectivity index (χ1v) is 13.2. The second-order valence-electron chi connectivity index (χ2n) is 8.13. The van der Waals surface area contributed by atoms with Gasteiger partial charge >= 0.3 is 16.5 Å². The van der Waals surface area contributed by atoms with Crippen molar-refractivity contribution >= 4 is 12.9 Å². The molecule has 0 aromatic heterocycles. The van der Waals surface area contributed by atoms with E-state index in [4.69, 9.17) is 31.3 Å². The summed E-state index contributed by atoms with van der Waals surface area (Å²) in [5.74, 6) is 0. The molecule has 0 atom stereocenters. The van der Waals surface area contributed by atoms with Gasteiger partial charge in [-0.15, -0.1) is 0 Å². The van der Waals surface area contributed by atoms with E-state index in [1.54, 1.807) is 0 Å². The summed E-state index contributed by atoms with van der Waals surface area (Å²) in [6.45, 7) is 5.28. The Labute approximate surface area is 216 Å². The molecule has 6 nitrogen and oxygen atoms in total. The molecule has 0 aromatic rings. The predicted octanol–water partition coefficient (Wildman–Crippen LogP) is 4.46. The Kier molecular flexibility index (Phi) is 68.2. The molecule has 0 rings (SSSR count). The van der Waals surface area contributed by atoms with E-state index in [9.17, 15) is 0 Å². The number of unbranched alkanes of at least 4 members (excludes halogenated alkanes) is 18. The molecule has 0 amide bonds. The Bertz CT molecular complexity index is 251. The summed E-state index contributed by atoms with van der Waals surface area (Å²) < 4.78 is 0. The number of hydrogen-bond donors (Lipinski definition) is 2. The summed E-state index contributed by atoms with van der Waals surface area (Å²) in [6, 6.07) is 0. The third-order valence-corrected chi connectivity index (χ3v) is 5.12. The third-order valence-electron chi connectivity index (χ3n) is 5.12. The molecule has 0 bridgehead atoms. The number of carbonyl (C=O) groups is 2. The fraction of sp³-hybridized carbons (Fsp3) is 0.923. The average Bonchev–Trinajstić information content (AvgIpc) is 2.78. The van der Waals surface area contributed by atoms with Crippen LogP contribution in [0.3, 0.4) is 0 Å². The van der Waals surface area contributed by atoms with Crippen LogP contribution in [-0.4, -0.2) is 26.0 Å². The Morgan fingerprint density at radius 1 is 0.455 bits per heavy atom. The Balaban J connectivity index is -0.000000124. The van der Waals surface area contributed by atoms with Gasteiger partial charge in [0.1, 0.15) is 0 Å². The number of carbonyl (C=O) groups excluding carboxylic acids is 2. The SMILES string of the molecule is CCCCCCCCCCCCN.CCCCCCCCCCCCN.O=C[O-].O=C[O-].[Ni+2]. The summed E-state index contributed by atoms with van der Waals surface area (Å²) in [6.07, 6.45) is 27.9. The number of rotatable bonds is 20. The molecule has 0 aliphatic carbocycles. The van der Waals surface area contributed by atoms with Gasteiger partial charge in [0, 0.05) is 12.9 Å². The van der Waals surface area contributed by atoms with Crippen LogP contribution >= 0.6 is 0 Å². The zero-order valence-corrected chi connectivity index (χ0v) is 22.8. The molecular weight excluding hydrogens is 463 g/mol. The molecule has 4 N–H and O–H groups in total. The maximum absolute atomic E-state index is 8.25. The monoisotopic (exact) mass is 518 g/mol. The average molecular weight is 519 g/mol. The van der Waals surface area contributed by atoms with E-state index in [1.807, 2.05) is 0 Å². The van der Waals surface area contributed by atoms with E-state index in [0.29, 0.717) is 0 Å². The number of nitrogens with two attached hydrogens (primary N) is 2. The van der Waals surface area contributed by atoms with Crippen LogP contribution in [0.5, 0.6) is 0 Å². The van der Waals surface area contributed by atoms with Crippen LogP contribution in [0.25, 0.3) is 0 Å². The summed E-state index contributed by atoms with van der Waals surface area (Å²) in [7, 11) is 0. The molecule has 204 valence electrons. The van der Waals surface area contributed by atoms with Crippen molar-refractivity contribution in [1.29, 1.82) is 0 Å². The molecule has 33 heavy (non-hydrogen) atoms. The van der Waals surface area contributed by atoms with Crippen molar-refractivity contribution < 1.29 is 36.3 Å². The molecule has 0 saturated carbocycles. The zero-order valence-electron chi connectivity index (χ0n) is 21.8. The van der Waals surface area contributed by atoms with E-state index in [-0.39, 0.29) is 16.5 Å². The molecule has 0 fully saturated rings. The number of hydrogen-bond acceptors (Lipinski definition) is 6. The molecule has 0 saturated heterocycles. The van der Waals surface area contributed by atoms with Gasteiger partial charge < -0.3 is 31.3 Å². The zero-order chi connectivity index (χ0) is 25.0. The van der Waals surface area contributed by atoms with Crippen LogP contribution in [0.2, 0.25) is 0 Å². The first-order valence-electron chi connectivity index (χ1n) is 13.2. The first-order chi connectivity index (χ1) is 15.7. The van der Waals surface area contributed by atoms with Crippen LogP contribution in [0, 0.1) is 0 Å². The molecule has 0 heterocycles. The van der Waals surface area contributed by atoms with Crippen molar-refractivity contribution in [3.8, 4) is 0 Å². The Morgan fingerprint density at radius 2 is 0.606 bits per heavy atom. The summed E-state index contributed by atoms with van der Waals surface area (Å²) >= 11 is 0. The molecular formula is C26H56N2NiO4. The largest absolute Gasteiger partial charge is 2.00 e. The minimum Gasteiger partial charge on any atom is -0.554 e. The molecule has 0 aliphatic rings. The van der Waals surface area contributed by atoms with Gasteiger partial charge in [-0.1, -0.05) is 129 Å². The van der Waals surface area contributed by atoms with Crippen LogP contribution in [-0.2, 0) is 26.1 Å². The topological polar surface area (TPSA) is 132 Å². The van der Waals surface area contributed by atoms with Crippen molar-refractivity contribution in [2.24, 2.45) is 11.5 Å². The minimum atomic E-state index is -0.500. The van der Waals surface area contributed by atoms with E-state index in [2.05, 4.69) is 13.8 Å². The quantitative estimate of drug-likeness (QED) is 0.139. The van der Waals surface area contributed by atoms with Crippen LogP contribution in [0.4, 0.5) is 0 Å². The van der Waals surface area contributed by atoms with Gasteiger partial charge in [-0.25, -0.2) is 0 Å². The predicted molar refractivity (Wildman–Crippen MR) is 134 cm³/mol. The van der Waals surface area contributed by atoms with E-state index in [1.165, 1.54) is 128 Å². The Hall–Kier alpha value is -0.646. The summed E-state index contributed by atoms with van der Waals surface area (Å²) in [4.78, 5) is 16.5. The van der Waals surface area contributed by atoms with Gasteiger partial charge in [-0.2, -0.15) is 0 Å². The van der Waals surface area contributed by atoms with Crippen LogP contribution < -0.4 is 21.7 Å². The molecule has 0 aliphatic heterocycles. The van der Waals surface area contributed by atoms with Gasteiger partial charge in [0.2, 0.25) is 0 Å². The first kappa shape index (κ1) is 42.5. The van der Waals surface area contributed by atoms with Crippen molar-refractivity contribution in [2.75, 3.05) is 13.1 Å². The molecule has 0 aromatic carbocycles. The van der Waals surface area contributed by atoms with Crippen molar-refractivity contribution in [2.45, 2.75) is 142 Å². The van der Waals surface area contributed by atoms with E-state index >= 15 is 0 Å². The molecule has 0 radical (unpaired) electrons. The van der Waals surface area contributed by atoms with Gasteiger partial charge in [0.05, 0.1) is 0 Å². The second-order valence-corrected chi connectivity index (χ2v) is 8.13. The third kappa shape index (κ3) is 72.1. The summed E-state index contributed by atoms with van der Waals surface area (Å²) in [5, 5.41) is 16.5. The number of carboxylic acid groups (broad SMARTS) is 2. The van der Waals surface area contributed by atoms with Gasteiger partial charge in [0.25, 0.3) is 0 Å². The molecule has 0 spiro atoms. The van der Waals surface area contributed by atoms with Crippen LogP contribution in [0.15, 0.2) is 0 Å². The molecule has 7 heteroatoms. The van der Waals surface area contributed by atoms with E-state index in [0.717, 1.165) is 13.1 Å². The maximum Gasteiger partial charge on any atom is 2.00 e. The smallest absolute Gasteiger partial charge is 0.554 e. The van der Waals surface area contributed by atoms with Crippen molar-refractivity contribution in [3.63, 3.8) is 0 Å². The van der Waals surface area contributed by atoms with Crippen molar-refractivity contribution in [1.82, 2.24) is 0 Å². The fourth-order valence-electron chi connectivity index (χ4n) is 3.26. The summed E-state index contributed by atoms with van der Waals surface area (Å²) in [5.41, 5.74) is 10.8. The van der Waals surface area contributed by atoms with Crippen LogP contribution in [0.1, 0.15) is 142 Å². The van der Waals surface area contributed by atoms with E-state index < -0.39 is 12.9 Å². The van der Waals surface area contributed by atoms with Gasteiger partial charge in [-0.3, -0.25) is 0 Å². The standard InChI is InChI=1S/2C12H27N.2CH2O2.Ni/c2*1-2-3-4-5-6-7-8-9-10-11-12-13;2*2-1-3;/h2*2-13H2,1H3;2*1H,(H,2,3);/q;;;;+2/p-2. The van der Waals surface area contributed by atoms with Gasteiger partial charge in [-0.05, 0) is 25.9 Å². The minimum absolute atomic E-state index is 0. The second kappa shape index (κ2) is 53.0.